The molecule has 0 spiro atoms. The molecule has 2 rings (SSSR count). The number of hydrogen-bond acceptors (Lipinski definition) is 3. The van der Waals surface area contributed by atoms with Gasteiger partial charge in [-0.05, 0) is 46.2 Å². The minimum absolute atomic E-state index is 0.0394. The molecular formula is C25H34N2O3. The fourth-order valence-corrected chi connectivity index (χ4v) is 3.00. The summed E-state index contributed by atoms with van der Waals surface area (Å²) in [5, 5.41) is 5.70. The number of nitrogens with one attached hydrogen (secondary N) is 2. The first-order valence-electron chi connectivity index (χ1n) is 10.3. The largest absolute Gasteiger partial charge is 0.495 e. The van der Waals surface area contributed by atoms with Crippen molar-refractivity contribution in [3.8, 4) is 5.75 Å². The summed E-state index contributed by atoms with van der Waals surface area (Å²) < 4.78 is 5.36. The fraction of sp³-hybridized carbons (Fsp3) is 0.440. The molecule has 0 saturated heterocycles. The van der Waals surface area contributed by atoms with E-state index in [1.54, 1.807) is 7.11 Å². The molecule has 0 saturated carbocycles. The average Bonchev–Trinajstić information content (AvgIpc) is 2.66. The third kappa shape index (κ3) is 6.34. The third-order valence-corrected chi connectivity index (χ3v) is 4.99. The zero-order chi connectivity index (χ0) is 22.5. The van der Waals surface area contributed by atoms with Crippen molar-refractivity contribution in [2.24, 2.45) is 0 Å². The van der Waals surface area contributed by atoms with Gasteiger partial charge >= 0.3 is 0 Å². The van der Waals surface area contributed by atoms with Gasteiger partial charge in [-0.25, -0.2) is 0 Å². The lowest BCUT2D eigenvalue weighted by Crippen LogP contribution is -2.28. The second-order valence-electron chi connectivity index (χ2n) is 9.55. The van der Waals surface area contributed by atoms with Gasteiger partial charge in [-0.2, -0.15) is 0 Å². The van der Waals surface area contributed by atoms with Crippen LogP contribution in [-0.2, 0) is 15.6 Å². The molecule has 0 heterocycles. The lowest BCUT2D eigenvalue weighted by atomic mass is 9.87. The van der Waals surface area contributed by atoms with Crippen LogP contribution in [-0.4, -0.2) is 25.5 Å². The van der Waals surface area contributed by atoms with Crippen LogP contribution >= 0.6 is 0 Å². The molecule has 5 heteroatoms. The van der Waals surface area contributed by atoms with E-state index in [9.17, 15) is 9.59 Å². The molecule has 0 radical (unpaired) electrons. The van der Waals surface area contributed by atoms with Crippen molar-refractivity contribution in [1.29, 1.82) is 0 Å². The van der Waals surface area contributed by atoms with E-state index in [0.717, 1.165) is 5.56 Å². The van der Waals surface area contributed by atoms with Crippen molar-refractivity contribution >= 4 is 17.5 Å². The first-order valence-corrected chi connectivity index (χ1v) is 10.3. The zero-order valence-corrected chi connectivity index (χ0v) is 19.2. The van der Waals surface area contributed by atoms with E-state index in [-0.39, 0.29) is 35.6 Å². The number of ether oxygens (including phenoxy) is 1. The monoisotopic (exact) mass is 410 g/mol. The predicted octanol–water partition coefficient (Wildman–Crippen LogP) is 5.05. The molecule has 0 aromatic heterocycles. The minimum atomic E-state index is -0.185. The lowest BCUT2D eigenvalue weighted by molar-refractivity contribution is -0.116. The molecule has 0 unspecified atom stereocenters. The van der Waals surface area contributed by atoms with E-state index in [2.05, 4.69) is 52.2 Å². The fourth-order valence-electron chi connectivity index (χ4n) is 3.00. The maximum absolute atomic E-state index is 12.4. The summed E-state index contributed by atoms with van der Waals surface area (Å²) in [6.07, 6.45) is 0.175. The van der Waals surface area contributed by atoms with E-state index in [4.69, 9.17) is 4.74 Å². The van der Waals surface area contributed by atoms with Crippen molar-refractivity contribution in [3.05, 3.63) is 59.2 Å². The van der Waals surface area contributed by atoms with Gasteiger partial charge in [-0.15, -0.1) is 0 Å². The lowest BCUT2D eigenvalue weighted by Gasteiger charge is -2.21. The number of amides is 2. The molecule has 0 bridgehead atoms. The Hall–Kier alpha value is -2.82. The van der Waals surface area contributed by atoms with Crippen molar-refractivity contribution in [3.63, 3.8) is 0 Å². The highest BCUT2D eigenvalue weighted by atomic mass is 16.5. The van der Waals surface area contributed by atoms with Crippen LogP contribution in [0.25, 0.3) is 0 Å². The molecule has 2 amide bonds. The number of carbonyl (C=O) groups is 2. The van der Waals surface area contributed by atoms with Gasteiger partial charge in [0.1, 0.15) is 5.75 Å². The smallest absolute Gasteiger partial charge is 0.251 e. The third-order valence-electron chi connectivity index (χ3n) is 4.99. The number of hydrogen-bond donors (Lipinski definition) is 2. The Balaban J connectivity index is 1.93. The van der Waals surface area contributed by atoms with Crippen LogP contribution in [0.4, 0.5) is 5.69 Å². The Morgan fingerprint density at radius 2 is 1.43 bits per heavy atom. The van der Waals surface area contributed by atoms with Crippen LogP contribution in [0, 0.1) is 0 Å². The Morgan fingerprint density at radius 3 is 1.97 bits per heavy atom. The van der Waals surface area contributed by atoms with Crippen molar-refractivity contribution in [1.82, 2.24) is 5.32 Å². The molecule has 0 aliphatic heterocycles. The molecule has 0 atom stereocenters. The van der Waals surface area contributed by atoms with Gasteiger partial charge < -0.3 is 15.4 Å². The van der Waals surface area contributed by atoms with Gasteiger partial charge in [0.05, 0.1) is 12.8 Å². The maximum atomic E-state index is 12.4. The van der Waals surface area contributed by atoms with E-state index < -0.39 is 0 Å². The van der Waals surface area contributed by atoms with Crippen LogP contribution in [0.3, 0.4) is 0 Å². The Labute approximate surface area is 180 Å². The Kier molecular flexibility index (Phi) is 7.30. The molecule has 0 aliphatic carbocycles. The SMILES string of the molecule is COc1ccc(C(C)(C)C)cc1NC(=O)CCNC(=O)c1ccc(C(C)(C)C)cc1. The zero-order valence-electron chi connectivity index (χ0n) is 19.2. The highest BCUT2D eigenvalue weighted by Crippen LogP contribution is 2.31. The van der Waals surface area contributed by atoms with Crippen LogP contribution in [0.15, 0.2) is 42.5 Å². The highest BCUT2D eigenvalue weighted by molar-refractivity contribution is 5.95. The quantitative estimate of drug-likeness (QED) is 0.700. The molecule has 0 fully saturated rings. The number of methoxy groups -OCH3 is 1. The summed E-state index contributed by atoms with van der Waals surface area (Å²) in [6, 6.07) is 13.4. The molecule has 0 aliphatic rings. The first kappa shape index (κ1) is 23.5. The molecule has 5 nitrogen and oxygen atoms in total. The van der Waals surface area contributed by atoms with E-state index in [1.165, 1.54) is 5.56 Å². The first-order chi connectivity index (χ1) is 13.9. The number of rotatable bonds is 6. The predicted molar refractivity (Wildman–Crippen MR) is 122 cm³/mol. The second kappa shape index (κ2) is 9.33. The summed E-state index contributed by atoms with van der Waals surface area (Å²) in [4.78, 5) is 24.7. The van der Waals surface area contributed by atoms with Gasteiger partial charge in [0.15, 0.2) is 0 Å². The summed E-state index contributed by atoms with van der Waals surface area (Å²) >= 11 is 0. The van der Waals surface area contributed by atoms with Gasteiger partial charge in [0.25, 0.3) is 5.91 Å². The van der Waals surface area contributed by atoms with Gasteiger partial charge in [0.2, 0.25) is 5.91 Å². The van der Waals surface area contributed by atoms with Crippen LogP contribution in [0.1, 0.15) is 69.4 Å². The minimum Gasteiger partial charge on any atom is -0.495 e. The standard InChI is InChI=1S/C25H34N2O3/c1-24(2,3)18-10-8-17(9-11-18)23(29)26-15-14-22(28)27-20-16-19(25(4,5)6)12-13-21(20)30-7/h8-13,16H,14-15H2,1-7H3,(H,26,29)(H,27,28). The van der Waals surface area contributed by atoms with Crippen molar-refractivity contribution < 1.29 is 14.3 Å². The highest BCUT2D eigenvalue weighted by Gasteiger charge is 2.17. The average molecular weight is 411 g/mol. The van der Waals surface area contributed by atoms with Crippen LogP contribution in [0.2, 0.25) is 0 Å². The van der Waals surface area contributed by atoms with E-state index >= 15 is 0 Å². The maximum Gasteiger partial charge on any atom is 0.251 e. The number of carbonyl (C=O) groups excluding carboxylic acids is 2. The molecule has 162 valence electrons. The molecule has 2 N–H and O–H groups in total. The van der Waals surface area contributed by atoms with Gasteiger partial charge in [-0.3, -0.25) is 9.59 Å². The van der Waals surface area contributed by atoms with E-state index in [1.807, 2.05) is 42.5 Å². The summed E-state index contributed by atoms with van der Waals surface area (Å²) in [7, 11) is 1.58. The van der Waals surface area contributed by atoms with Gasteiger partial charge in [-0.1, -0.05) is 59.7 Å². The van der Waals surface area contributed by atoms with E-state index in [0.29, 0.717) is 17.0 Å². The molecule has 30 heavy (non-hydrogen) atoms. The molecule has 2 aromatic carbocycles. The summed E-state index contributed by atoms with van der Waals surface area (Å²) in [5.41, 5.74) is 3.50. The summed E-state index contributed by atoms with van der Waals surface area (Å²) in [6.45, 7) is 13.0. The Bertz CT molecular complexity index is 888. The number of benzene rings is 2. The normalized spacial score (nSPS) is 11.7. The number of anilines is 1. The summed E-state index contributed by atoms with van der Waals surface area (Å²) in [5.74, 6) is 0.248. The van der Waals surface area contributed by atoms with Crippen molar-refractivity contribution in [2.45, 2.75) is 58.8 Å². The molecule has 2 aromatic rings. The van der Waals surface area contributed by atoms with Crippen LogP contribution in [0.5, 0.6) is 5.75 Å². The topological polar surface area (TPSA) is 67.4 Å². The van der Waals surface area contributed by atoms with Crippen LogP contribution < -0.4 is 15.4 Å². The molecular weight excluding hydrogens is 376 g/mol. The van der Waals surface area contributed by atoms with Gasteiger partial charge in [0, 0.05) is 18.5 Å². The second-order valence-corrected chi connectivity index (χ2v) is 9.55. The Morgan fingerprint density at radius 1 is 0.867 bits per heavy atom. The van der Waals surface area contributed by atoms with Crippen molar-refractivity contribution in [2.75, 3.05) is 19.0 Å².